The fourth-order valence-electron chi connectivity index (χ4n) is 3.97. The van der Waals surface area contributed by atoms with Crippen molar-refractivity contribution in [2.24, 2.45) is 28.9 Å². The molecule has 1 heterocycles. The predicted molar refractivity (Wildman–Crippen MR) is 83.1 cm³/mol. The predicted octanol–water partition coefficient (Wildman–Crippen LogP) is 3.51. The van der Waals surface area contributed by atoms with Gasteiger partial charge in [0.25, 0.3) is 0 Å². The molecule has 0 amide bonds. The highest BCUT2D eigenvalue weighted by molar-refractivity contribution is 4.94. The normalized spacial score (nSPS) is 42.3. The molecule has 2 heteroatoms. The van der Waals surface area contributed by atoms with Crippen molar-refractivity contribution in [3.8, 4) is 0 Å². The van der Waals surface area contributed by atoms with Crippen LogP contribution >= 0.6 is 0 Å². The van der Waals surface area contributed by atoms with E-state index in [1.165, 1.54) is 38.8 Å². The second-order valence-corrected chi connectivity index (χ2v) is 8.35. The van der Waals surface area contributed by atoms with Crippen LogP contribution in [0.1, 0.15) is 60.3 Å². The summed E-state index contributed by atoms with van der Waals surface area (Å²) in [7, 11) is 0. The van der Waals surface area contributed by atoms with E-state index in [4.69, 9.17) is 5.73 Å². The number of hydrogen-bond donors (Lipinski definition) is 1. The van der Waals surface area contributed by atoms with Gasteiger partial charge < -0.3 is 5.73 Å². The van der Waals surface area contributed by atoms with Gasteiger partial charge >= 0.3 is 0 Å². The average molecular weight is 266 g/mol. The molecule has 0 radical (unpaired) electrons. The number of rotatable bonds is 1. The first kappa shape index (κ1) is 15.3. The zero-order valence-corrected chi connectivity index (χ0v) is 13.7. The van der Waals surface area contributed by atoms with Crippen LogP contribution in [0, 0.1) is 23.2 Å². The molecule has 2 fully saturated rings. The molecule has 2 N–H and O–H groups in total. The molecule has 0 aromatic heterocycles. The summed E-state index contributed by atoms with van der Waals surface area (Å²) >= 11 is 0. The second kappa shape index (κ2) is 5.73. The Bertz CT molecular complexity index is 294. The Balaban J connectivity index is 2.01. The van der Waals surface area contributed by atoms with Crippen molar-refractivity contribution in [1.82, 2.24) is 4.90 Å². The molecule has 2 nitrogen and oxygen atoms in total. The molecule has 1 aliphatic carbocycles. The maximum Gasteiger partial charge on any atom is 0.0250 e. The van der Waals surface area contributed by atoms with Crippen molar-refractivity contribution in [2.45, 2.75) is 72.4 Å². The Labute approximate surface area is 120 Å². The molecule has 0 spiro atoms. The quantitative estimate of drug-likeness (QED) is 0.787. The van der Waals surface area contributed by atoms with E-state index in [0.29, 0.717) is 17.5 Å². The fraction of sp³-hybridized carbons (Fsp3) is 1.00. The van der Waals surface area contributed by atoms with Crippen molar-refractivity contribution in [3.63, 3.8) is 0 Å². The van der Waals surface area contributed by atoms with Crippen molar-refractivity contribution in [1.29, 1.82) is 0 Å². The van der Waals surface area contributed by atoms with Crippen LogP contribution in [0.3, 0.4) is 0 Å². The Kier molecular flexibility index (Phi) is 4.62. The average Bonchev–Trinajstić information content (AvgIpc) is 2.32. The fourth-order valence-corrected chi connectivity index (χ4v) is 3.97. The minimum atomic E-state index is 0.402. The smallest absolute Gasteiger partial charge is 0.0250 e. The molecule has 2 aliphatic rings. The summed E-state index contributed by atoms with van der Waals surface area (Å²) < 4.78 is 0. The van der Waals surface area contributed by atoms with E-state index in [1.807, 2.05) is 0 Å². The number of hydrogen-bond acceptors (Lipinski definition) is 2. The van der Waals surface area contributed by atoms with Crippen LogP contribution in [0.4, 0.5) is 0 Å². The van der Waals surface area contributed by atoms with E-state index < -0.39 is 0 Å². The van der Waals surface area contributed by atoms with Gasteiger partial charge in [-0.2, -0.15) is 0 Å². The van der Waals surface area contributed by atoms with Gasteiger partial charge in [0.05, 0.1) is 0 Å². The molecule has 19 heavy (non-hydrogen) atoms. The standard InChI is InChI=1S/C17H34N2/c1-12-8-9-19(11-13(12)2)16-10-14(17(3,4)5)6-7-15(16)18/h12-16H,6-11,18H2,1-5H3. The lowest BCUT2D eigenvalue weighted by molar-refractivity contribution is 0.0310. The third-order valence-electron chi connectivity index (χ3n) is 5.93. The molecule has 112 valence electrons. The molecular formula is C17H34N2. The maximum atomic E-state index is 6.45. The second-order valence-electron chi connectivity index (χ2n) is 8.35. The van der Waals surface area contributed by atoms with Crippen LogP contribution in [0.25, 0.3) is 0 Å². The summed E-state index contributed by atoms with van der Waals surface area (Å²) in [4.78, 5) is 2.72. The Morgan fingerprint density at radius 3 is 2.26 bits per heavy atom. The Hall–Kier alpha value is -0.0800. The van der Waals surface area contributed by atoms with E-state index in [9.17, 15) is 0 Å². The van der Waals surface area contributed by atoms with Crippen molar-refractivity contribution < 1.29 is 0 Å². The van der Waals surface area contributed by atoms with Gasteiger partial charge in [-0.25, -0.2) is 0 Å². The first-order chi connectivity index (χ1) is 8.79. The topological polar surface area (TPSA) is 29.3 Å². The maximum absolute atomic E-state index is 6.45. The number of nitrogens with zero attached hydrogens (tertiary/aromatic N) is 1. The van der Waals surface area contributed by atoms with Gasteiger partial charge in [0, 0.05) is 18.6 Å². The molecule has 2 rings (SSSR count). The van der Waals surface area contributed by atoms with Gasteiger partial charge in [0.1, 0.15) is 0 Å². The van der Waals surface area contributed by atoms with E-state index >= 15 is 0 Å². The molecule has 1 aliphatic heterocycles. The van der Waals surface area contributed by atoms with Crippen molar-refractivity contribution in [3.05, 3.63) is 0 Å². The summed E-state index contributed by atoms with van der Waals surface area (Å²) in [6, 6.07) is 1.03. The number of piperidine rings is 1. The lowest BCUT2D eigenvalue weighted by Crippen LogP contribution is -2.55. The third kappa shape index (κ3) is 3.52. The van der Waals surface area contributed by atoms with Gasteiger partial charge in [-0.05, 0) is 55.4 Å². The van der Waals surface area contributed by atoms with Gasteiger partial charge in [0.15, 0.2) is 0 Å². The summed E-state index contributed by atoms with van der Waals surface area (Å²) in [5.74, 6) is 2.55. The highest BCUT2D eigenvalue weighted by atomic mass is 15.2. The van der Waals surface area contributed by atoms with E-state index in [2.05, 4.69) is 39.5 Å². The molecule has 5 unspecified atom stereocenters. The van der Waals surface area contributed by atoms with Crippen LogP contribution in [-0.4, -0.2) is 30.1 Å². The van der Waals surface area contributed by atoms with Gasteiger partial charge in [-0.15, -0.1) is 0 Å². The lowest BCUT2D eigenvalue weighted by Gasteiger charge is -2.48. The van der Waals surface area contributed by atoms with E-state index in [0.717, 1.165) is 17.8 Å². The van der Waals surface area contributed by atoms with Gasteiger partial charge in [-0.1, -0.05) is 34.6 Å². The van der Waals surface area contributed by atoms with Crippen LogP contribution in [0.5, 0.6) is 0 Å². The Morgan fingerprint density at radius 2 is 1.68 bits per heavy atom. The van der Waals surface area contributed by atoms with Crippen molar-refractivity contribution >= 4 is 0 Å². The molecule has 0 bridgehead atoms. The highest BCUT2D eigenvalue weighted by Crippen LogP contribution is 2.40. The molecule has 0 aromatic rings. The van der Waals surface area contributed by atoms with Crippen molar-refractivity contribution in [2.75, 3.05) is 13.1 Å². The number of likely N-dealkylation sites (tertiary alicyclic amines) is 1. The monoisotopic (exact) mass is 266 g/mol. The highest BCUT2D eigenvalue weighted by Gasteiger charge is 2.38. The lowest BCUT2D eigenvalue weighted by atomic mass is 9.69. The van der Waals surface area contributed by atoms with E-state index in [1.54, 1.807) is 0 Å². The van der Waals surface area contributed by atoms with Crippen LogP contribution < -0.4 is 5.73 Å². The van der Waals surface area contributed by atoms with E-state index in [-0.39, 0.29) is 0 Å². The molecule has 5 atom stereocenters. The summed E-state index contributed by atoms with van der Waals surface area (Å²) in [6.07, 6.45) is 5.20. The third-order valence-corrected chi connectivity index (χ3v) is 5.93. The zero-order valence-electron chi connectivity index (χ0n) is 13.7. The number of nitrogens with two attached hydrogens (primary N) is 1. The SMILES string of the molecule is CC1CCN(C2CC(C(C)(C)C)CCC2N)CC1C. The van der Waals surface area contributed by atoms with Crippen LogP contribution in [-0.2, 0) is 0 Å². The molecule has 1 saturated carbocycles. The molecule has 0 aromatic carbocycles. The minimum Gasteiger partial charge on any atom is -0.326 e. The summed E-state index contributed by atoms with van der Waals surface area (Å²) in [6.45, 7) is 14.5. The summed E-state index contributed by atoms with van der Waals surface area (Å²) in [5, 5.41) is 0. The summed E-state index contributed by atoms with van der Waals surface area (Å²) in [5.41, 5.74) is 6.89. The molecular weight excluding hydrogens is 232 g/mol. The largest absolute Gasteiger partial charge is 0.326 e. The first-order valence-corrected chi connectivity index (χ1v) is 8.28. The molecule has 1 saturated heterocycles. The zero-order chi connectivity index (χ0) is 14.2. The van der Waals surface area contributed by atoms with Crippen LogP contribution in [0.2, 0.25) is 0 Å². The first-order valence-electron chi connectivity index (χ1n) is 8.28. The Morgan fingerprint density at radius 1 is 1.00 bits per heavy atom. The van der Waals surface area contributed by atoms with Gasteiger partial charge in [-0.3, -0.25) is 4.90 Å². The van der Waals surface area contributed by atoms with Gasteiger partial charge in [0.2, 0.25) is 0 Å². The minimum absolute atomic E-state index is 0.402. The van der Waals surface area contributed by atoms with Crippen LogP contribution in [0.15, 0.2) is 0 Å².